The molecule has 0 saturated carbocycles. The number of methoxy groups -OCH3 is 1. The van der Waals surface area contributed by atoms with Gasteiger partial charge in [-0.2, -0.15) is 0 Å². The van der Waals surface area contributed by atoms with Crippen molar-refractivity contribution in [3.05, 3.63) is 45.9 Å². The summed E-state index contributed by atoms with van der Waals surface area (Å²) in [7, 11) is 1.23. The summed E-state index contributed by atoms with van der Waals surface area (Å²) in [4.78, 5) is 55.3. The molecular weight excluding hydrogens is 444 g/mol. The van der Waals surface area contributed by atoms with E-state index in [-0.39, 0.29) is 23.2 Å². The summed E-state index contributed by atoms with van der Waals surface area (Å²) < 4.78 is 4.60. The third-order valence-corrected chi connectivity index (χ3v) is 5.73. The first-order chi connectivity index (χ1) is 14.7. The Balaban J connectivity index is 1.84. The third-order valence-electron chi connectivity index (χ3n) is 4.63. The molecule has 2 unspecified atom stereocenters. The maximum atomic E-state index is 13.1. The van der Waals surface area contributed by atoms with Gasteiger partial charge in [-0.15, -0.1) is 11.3 Å². The molecule has 164 valence electrons. The lowest BCUT2D eigenvalue weighted by Crippen LogP contribution is -2.48. The largest absolute Gasteiger partial charge is 0.464 e. The predicted molar refractivity (Wildman–Crippen MR) is 115 cm³/mol. The normalized spacial score (nSPS) is 16.9. The number of aromatic nitrogens is 1. The number of anilines is 1. The summed E-state index contributed by atoms with van der Waals surface area (Å²) in [6.07, 6.45) is 0.246. The zero-order valence-corrected chi connectivity index (χ0v) is 18.6. The monoisotopic (exact) mass is 464 g/mol. The summed E-state index contributed by atoms with van der Waals surface area (Å²) in [6.45, 7) is 3.76. The van der Waals surface area contributed by atoms with E-state index < -0.39 is 35.9 Å². The van der Waals surface area contributed by atoms with E-state index in [9.17, 15) is 19.2 Å². The SMILES string of the molecule is COC(=O)c1csc(NC(=O)C(CC(C)C)N2C(=O)NC(c3ccccc3Cl)C2=O)n1. The van der Waals surface area contributed by atoms with E-state index in [0.29, 0.717) is 10.6 Å². The van der Waals surface area contributed by atoms with Crippen LogP contribution in [0.3, 0.4) is 0 Å². The van der Waals surface area contributed by atoms with Gasteiger partial charge < -0.3 is 15.4 Å². The first kappa shape index (κ1) is 22.7. The summed E-state index contributed by atoms with van der Waals surface area (Å²) in [6, 6.07) is 3.99. The summed E-state index contributed by atoms with van der Waals surface area (Å²) in [5.41, 5.74) is 0.508. The van der Waals surface area contributed by atoms with Crippen LogP contribution in [-0.2, 0) is 14.3 Å². The number of nitrogens with one attached hydrogen (secondary N) is 2. The van der Waals surface area contributed by atoms with Gasteiger partial charge in [-0.3, -0.25) is 9.59 Å². The first-order valence-corrected chi connectivity index (χ1v) is 10.7. The van der Waals surface area contributed by atoms with Gasteiger partial charge in [0.1, 0.15) is 12.1 Å². The van der Waals surface area contributed by atoms with Crippen molar-refractivity contribution in [3.8, 4) is 0 Å². The van der Waals surface area contributed by atoms with Crippen LogP contribution in [0, 0.1) is 5.92 Å². The summed E-state index contributed by atoms with van der Waals surface area (Å²) in [5.74, 6) is -1.76. The van der Waals surface area contributed by atoms with E-state index >= 15 is 0 Å². The Morgan fingerprint density at radius 1 is 1.32 bits per heavy atom. The predicted octanol–water partition coefficient (Wildman–Crippen LogP) is 3.23. The quantitative estimate of drug-likeness (QED) is 0.479. The van der Waals surface area contributed by atoms with Crippen LogP contribution in [-0.4, -0.2) is 46.9 Å². The number of imide groups is 1. The van der Waals surface area contributed by atoms with Gasteiger partial charge in [-0.1, -0.05) is 43.6 Å². The Labute approximate surface area is 187 Å². The van der Waals surface area contributed by atoms with Crippen molar-refractivity contribution in [2.45, 2.75) is 32.4 Å². The van der Waals surface area contributed by atoms with E-state index in [1.807, 2.05) is 13.8 Å². The molecule has 1 fully saturated rings. The minimum Gasteiger partial charge on any atom is -0.464 e. The number of thiazole rings is 1. The number of carbonyl (C=O) groups is 4. The molecule has 11 heteroatoms. The second-order valence-corrected chi connectivity index (χ2v) is 8.54. The zero-order chi connectivity index (χ0) is 22.7. The topological polar surface area (TPSA) is 118 Å². The summed E-state index contributed by atoms with van der Waals surface area (Å²) in [5, 5.41) is 7.14. The molecule has 2 N–H and O–H groups in total. The fraction of sp³-hybridized carbons (Fsp3) is 0.350. The molecule has 0 aliphatic carbocycles. The van der Waals surface area contributed by atoms with E-state index in [4.69, 9.17) is 11.6 Å². The first-order valence-electron chi connectivity index (χ1n) is 9.45. The number of benzene rings is 1. The van der Waals surface area contributed by atoms with Crippen molar-refractivity contribution in [2.24, 2.45) is 5.92 Å². The molecule has 1 saturated heterocycles. The van der Waals surface area contributed by atoms with E-state index in [2.05, 4.69) is 20.4 Å². The van der Waals surface area contributed by atoms with E-state index in [1.165, 1.54) is 12.5 Å². The molecule has 4 amide bonds. The van der Waals surface area contributed by atoms with Gasteiger partial charge >= 0.3 is 12.0 Å². The number of amides is 4. The second-order valence-electron chi connectivity index (χ2n) is 7.28. The number of esters is 1. The van der Waals surface area contributed by atoms with Crippen LogP contribution in [0.25, 0.3) is 0 Å². The number of urea groups is 1. The van der Waals surface area contributed by atoms with Crippen molar-refractivity contribution >= 4 is 51.9 Å². The lowest BCUT2D eigenvalue weighted by atomic mass is 10.0. The van der Waals surface area contributed by atoms with Crippen LogP contribution in [0.1, 0.15) is 42.4 Å². The Hall–Kier alpha value is -2.98. The molecule has 0 bridgehead atoms. The lowest BCUT2D eigenvalue weighted by molar-refractivity contribution is -0.134. The van der Waals surface area contributed by atoms with Gasteiger partial charge in [0.05, 0.1) is 7.11 Å². The molecule has 9 nitrogen and oxygen atoms in total. The van der Waals surface area contributed by atoms with Crippen LogP contribution in [0.5, 0.6) is 0 Å². The highest BCUT2D eigenvalue weighted by molar-refractivity contribution is 7.14. The molecule has 31 heavy (non-hydrogen) atoms. The fourth-order valence-corrected chi connectivity index (χ4v) is 4.13. The number of halogens is 1. The second kappa shape index (κ2) is 9.44. The molecule has 1 aliphatic heterocycles. The van der Waals surface area contributed by atoms with Gasteiger partial charge in [0, 0.05) is 16.0 Å². The van der Waals surface area contributed by atoms with E-state index in [1.54, 1.807) is 24.3 Å². The Morgan fingerprint density at radius 2 is 2.03 bits per heavy atom. The van der Waals surface area contributed by atoms with Gasteiger partial charge in [0.25, 0.3) is 5.91 Å². The number of hydrogen-bond acceptors (Lipinski definition) is 7. The maximum absolute atomic E-state index is 13.1. The van der Waals surface area contributed by atoms with Gasteiger partial charge in [0.2, 0.25) is 5.91 Å². The smallest absolute Gasteiger partial charge is 0.357 e. The molecule has 0 radical (unpaired) electrons. The van der Waals surface area contributed by atoms with E-state index in [0.717, 1.165) is 16.2 Å². The van der Waals surface area contributed by atoms with Crippen molar-refractivity contribution < 1.29 is 23.9 Å². The van der Waals surface area contributed by atoms with Crippen molar-refractivity contribution in [1.29, 1.82) is 0 Å². The van der Waals surface area contributed by atoms with Gasteiger partial charge in [0.15, 0.2) is 10.8 Å². The van der Waals surface area contributed by atoms with Crippen molar-refractivity contribution in [3.63, 3.8) is 0 Å². The number of carbonyl (C=O) groups excluding carboxylic acids is 4. The number of nitrogens with zero attached hydrogens (tertiary/aromatic N) is 2. The van der Waals surface area contributed by atoms with Crippen LogP contribution >= 0.6 is 22.9 Å². The van der Waals surface area contributed by atoms with Gasteiger partial charge in [-0.05, 0) is 18.4 Å². The molecule has 1 aromatic heterocycles. The third kappa shape index (κ3) is 4.86. The number of ether oxygens (including phenoxy) is 1. The fourth-order valence-electron chi connectivity index (χ4n) is 3.20. The molecular formula is C20H21ClN4O5S. The highest BCUT2D eigenvalue weighted by Gasteiger charge is 2.46. The Kier molecular flexibility index (Phi) is 6.91. The standard InChI is InChI=1S/C20H21ClN4O5S/c1-10(2)8-14(16(26)24-19-22-13(9-31-19)18(28)30-3)25-17(27)15(23-20(25)29)11-6-4-5-7-12(11)21/h4-7,9-10,14-15H,8H2,1-3H3,(H,23,29)(H,22,24,26). The maximum Gasteiger partial charge on any atom is 0.357 e. The minimum absolute atomic E-state index is 0.0117. The van der Waals surface area contributed by atoms with Crippen LogP contribution in [0.15, 0.2) is 29.6 Å². The molecule has 3 rings (SSSR count). The number of hydrogen-bond donors (Lipinski definition) is 2. The van der Waals surface area contributed by atoms with Crippen molar-refractivity contribution in [1.82, 2.24) is 15.2 Å². The molecule has 2 atom stereocenters. The minimum atomic E-state index is -1.06. The highest BCUT2D eigenvalue weighted by atomic mass is 35.5. The highest BCUT2D eigenvalue weighted by Crippen LogP contribution is 2.30. The van der Waals surface area contributed by atoms with Crippen LogP contribution in [0.4, 0.5) is 9.93 Å². The zero-order valence-electron chi connectivity index (χ0n) is 17.0. The lowest BCUT2D eigenvalue weighted by Gasteiger charge is -2.25. The summed E-state index contributed by atoms with van der Waals surface area (Å²) >= 11 is 7.23. The van der Waals surface area contributed by atoms with Gasteiger partial charge in [-0.25, -0.2) is 19.5 Å². The van der Waals surface area contributed by atoms with Crippen LogP contribution < -0.4 is 10.6 Å². The molecule has 1 aromatic carbocycles. The molecule has 2 heterocycles. The van der Waals surface area contributed by atoms with Crippen LogP contribution in [0.2, 0.25) is 5.02 Å². The average Bonchev–Trinajstić information content (AvgIpc) is 3.30. The molecule has 0 spiro atoms. The molecule has 1 aliphatic rings. The van der Waals surface area contributed by atoms with Crippen molar-refractivity contribution in [2.75, 3.05) is 12.4 Å². The Bertz CT molecular complexity index is 1020. The average molecular weight is 465 g/mol. The Morgan fingerprint density at radius 3 is 2.68 bits per heavy atom. The molecule has 2 aromatic rings. The number of rotatable bonds is 7.